The highest BCUT2D eigenvalue weighted by Crippen LogP contribution is 2.52. The van der Waals surface area contributed by atoms with Gasteiger partial charge in [-0.05, 0) is 11.6 Å². The second-order valence-corrected chi connectivity index (χ2v) is 10.4. The van der Waals surface area contributed by atoms with Crippen molar-refractivity contribution >= 4 is 35.8 Å². The van der Waals surface area contributed by atoms with Crippen molar-refractivity contribution in [2.45, 2.75) is 84.0 Å². The minimum absolute atomic E-state index is 0.156. The number of carbonyl (C=O) groups is 6. The van der Waals surface area contributed by atoms with Gasteiger partial charge < -0.3 is 47.4 Å². The molecule has 1 aliphatic carbocycles. The van der Waals surface area contributed by atoms with E-state index in [1.165, 1.54) is 14.0 Å². The molecule has 43 heavy (non-hydrogen) atoms. The van der Waals surface area contributed by atoms with Crippen molar-refractivity contribution in [2.75, 3.05) is 20.3 Å². The predicted molar refractivity (Wildman–Crippen MR) is 134 cm³/mol. The van der Waals surface area contributed by atoms with Crippen LogP contribution in [0.2, 0.25) is 0 Å². The lowest BCUT2D eigenvalue weighted by Gasteiger charge is -2.47. The Morgan fingerprint density at radius 1 is 0.721 bits per heavy atom. The molecule has 0 bridgehead atoms. The normalized spacial score (nSPS) is 36.0. The molecule has 0 amide bonds. The molecule has 16 heteroatoms. The summed E-state index contributed by atoms with van der Waals surface area (Å²) in [7, 11) is 1.33. The van der Waals surface area contributed by atoms with Crippen LogP contribution in [-0.2, 0) is 76.1 Å². The molecule has 4 rings (SSSR count). The van der Waals surface area contributed by atoms with E-state index in [0.717, 1.165) is 27.7 Å². The van der Waals surface area contributed by atoms with Gasteiger partial charge in [0.1, 0.15) is 31.3 Å². The number of rotatable bonds is 10. The zero-order valence-electron chi connectivity index (χ0n) is 24.4. The standard InChI is InChI=1S/C27H34O16/c1-10(28)35-8-15-7-16-19-18(15)26(42-25(34-6)20(19)24(33)40-16)43-27-23(39-14(5)32)22(38-13(4)31)21(37-12(3)30)17(41-27)9-36-11(2)29/h7,16-23,25-27H,8-9H2,1-6H3/t16-,17+,18+,19-,20+,21+,22-,23+,25-,26-,27-/m0/s1. The van der Waals surface area contributed by atoms with Gasteiger partial charge in [-0.25, -0.2) is 0 Å². The van der Waals surface area contributed by atoms with Crippen LogP contribution >= 0.6 is 0 Å². The topological polar surface area (TPSA) is 195 Å². The van der Waals surface area contributed by atoms with Gasteiger partial charge in [-0.3, -0.25) is 28.8 Å². The fraction of sp³-hybridized carbons (Fsp3) is 0.704. The first kappa shape index (κ1) is 32.3. The zero-order valence-corrected chi connectivity index (χ0v) is 24.4. The van der Waals surface area contributed by atoms with Gasteiger partial charge in [0, 0.05) is 53.6 Å². The van der Waals surface area contributed by atoms with E-state index >= 15 is 0 Å². The molecule has 0 aromatic carbocycles. The molecule has 0 aromatic heterocycles. The number of carbonyl (C=O) groups excluding carboxylic acids is 6. The summed E-state index contributed by atoms with van der Waals surface area (Å²) in [5, 5.41) is 0. The van der Waals surface area contributed by atoms with E-state index < -0.39 is 110 Å². The van der Waals surface area contributed by atoms with Gasteiger partial charge >= 0.3 is 35.8 Å². The minimum atomic E-state index is -1.56. The Balaban J connectivity index is 1.71. The maximum absolute atomic E-state index is 12.7. The Bertz CT molecular complexity index is 1160. The molecule has 0 radical (unpaired) electrons. The Kier molecular flexibility index (Phi) is 10.0. The van der Waals surface area contributed by atoms with Crippen LogP contribution in [0.4, 0.5) is 0 Å². The Morgan fingerprint density at radius 2 is 1.33 bits per heavy atom. The Hall–Kier alpha value is -3.60. The molecular formula is C27H34O16. The summed E-state index contributed by atoms with van der Waals surface area (Å²) >= 11 is 0. The van der Waals surface area contributed by atoms with Gasteiger partial charge in [0.05, 0.1) is 0 Å². The summed E-state index contributed by atoms with van der Waals surface area (Å²) in [6.45, 7) is 5.07. The van der Waals surface area contributed by atoms with Crippen LogP contribution in [0.15, 0.2) is 11.6 Å². The molecule has 11 atom stereocenters. The molecule has 0 saturated carbocycles. The first-order valence-corrected chi connectivity index (χ1v) is 13.5. The van der Waals surface area contributed by atoms with E-state index in [1.807, 2.05) is 0 Å². The Labute approximate surface area is 246 Å². The van der Waals surface area contributed by atoms with E-state index in [0.29, 0.717) is 5.57 Å². The molecule has 3 heterocycles. The lowest BCUT2D eigenvalue weighted by Crippen LogP contribution is -2.64. The van der Waals surface area contributed by atoms with Crippen molar-refractivity contribution in [3.63, 3.8) is 0 Å². The van der Waals surface area contributed by atoms with Crippen molar-refractivity contribution in [1.82, 2.24) is 0 Å². The molecule has 3 aliphatic heterocycles. The van der Waals surface area contributed by atoms with Gasteiger partial charge in [0.15, 0.2) is 30.9 Å². The van der Waals surface area contributed by atoms with E-state index in [2.05, 4.69) is 0 Å². The molecule has 3 saturated heterocycles. The third-order valence-corrected chi connectivity index (χ3v) is 7.29. The number of ether oxygens (including phenoxy) is 10. The van der Waals surface area contributed by atoms with Crippen LogP contribution < -0.4 is 0 Å². The van der Waals surface area contributed by atoms with Crippen LogP contribution in [0.1, 0.15) is 34.6 Å². The van der Waals surface area contributed by atoms with E-state index in [4.69, 9.17) is 47.4 Å². The second-order valence-electron chi connectivity index (χ2n) is 10.4. The first-order chi connectivity index (χ1) is 20.3. The number of hydrogen-bond acceptors (Lipinski definition) is 16. The average molecular weight is 615 g/mol. The van der Waals surface area contributed by atoms with Gasteiger partial charge in [0.2, 0.25) is 6.29 Å². The number of methoxy groups -OCH3 is 1. The van der Waals surface area contributed by atoms with Crippen molar-refractivity contribution in [2.24, 2.45) is 17.8 Å². The molecule has 238 valence electrons. The molecular weight excluding hydrogens is 580 g/mol. The van der Waals surface area contributed by atoms with Crippen LogP contribution in [0.5, 0.6) is 0 Å². The summed E-state index contributed by atoms with van der Waals surface area (Å²) in [6, 6.07) is 0. The molecule has 0 aromatic rings. The smallest absolute Gasteiger partial charge is 0.315 e. The van der Waals surface area contributed by atoms with Gasteiger partial charge in [-0.2, -0.15) is 0 Å². The highest BCUT2D eigenvalue weighted by molar-refractivity contribution is 5.77. The van der Waals surface area contributed by atoms with E-state index in [1.54, 1.807) is 6.08 Å². The summed E-state index contributed by atoms with van der Waals surface area (Å²) in [4.78, 5) is 72.3. The zero-order chi connectivity index (χ0) is 31.6. The minimum Gasteiger partial charge on any atom is -0.463 e. The fourth-order valence-electron chi connectivity index (χ4n) is 5.82. The first-order valence-electron chi connectivity index (χ1n) is 13.5. The summed E-state index contributed by atoms with van der Waals surface area (Å²) in [5.74, 6) is -6.27. The third kappa shape index (κ3) is 7.14. The lowest BCUT2D eigenvalue weighted by atomic mass is 9.78. The fourth-order valence-corrected chi connectivity index (χ4v) is 5.82. The molecule has 3 fully saturated rings. The van der Waals surface area contributed by atoms with Crippen molar-refractivity contribution in [3.8, 4) is 0 Å². The summed E-state index contributed by atoms with van der Waals surface area (Å²) in [5.41, 5.74) is 0.535. The van der Waals surface area contributed by atoms with Crippen molar-refractivity contribution in [3.05, 3.63) is 11.6 Å². The van der Waals surface area contributed by atoms with E-state index in [-0.39, 0.29) is 6.61 Å². The predicted octanol–water partition coefficient (Wildman–Crippen LogP) is -0.308. The highest BCUT2D eigenvalue weighted by atomic mass is 16.8. The SMILES string of the molecule is CO[C@H]1O[C@@H](O[C@@H]2O[C@H](COC(C)=O)[C@@H](OC(C)=O)[C@H](OC(C)=O)[C@H]2OC(C)=O)[C@@H]2C(COC(C)=O)=C[C@@H]3OC(=O)[C@H]1[C@H]23. The molecule has 0 unspecified atom stereocenters. The van der Waals surface area contributed by atoms with Gasteiger partial charge in [-0.15, -0.1) is 0 Å². The quantitative estimate of drug-likeness (QED) is 0.176. The van der Waals surface area contributed by atoms with Crippen LogP contribution in [0, 0.1) is 17.8 Å². The van der Waals surface area contributed by atoms with Crippen LogP contribution in [0.25, 0.3) is 0 Å². The van der Waals surface area contributed by atoms with Crippen LogP contribution in [0.3, 0.4) is 0 Å². The molecule has 16 nitrogen and oxygen atoms in total. The molecule has 4 aliphatic rings. The summed E-state index contributed by atoms with van der Waals surface area (Å²) < 4.78 is 56.0. The van der Waals surface area contributed by atoms with Crippen molar-refractivity contribution in [1.29, 1.82) is 0 Å². The maximum atomic E-state index is 12.7. The van der Waals surface area contributed by atoms with Gasteiger partial charge in [0.25, 0.3) is 0 Å². The van der Waals surface area contributed by atoms with Crippen LogP contribution in [-0.4, -0.2) is 106 Å². The highest BCUT2D eigenvalue weighted by Gasteiger charge is 2.63. The maximum Gasteiger partial charge on any atom is 0.315 e. The monoisotopic (exact) mass is 614 g/mol. The number of esters is 6. The Morgan fingerprint density at radius 3 is 1.91 bits per heavy atom. The lowest BCUT2D eigenvalue weighted by molar-refractivity contribution is -0.376. The largest absolute Gasteiger partial charge is 0.463 e. The van der Waals surface area contributed by atoms with E-state index in [9.17, 15) is 28.8 Å². The number of hydrogen-bond donors (Lipinski definition) is 0. The third-order valence-electron chi connectivity index (χ3n) is 7.29. The molecule has 0 spiro atoms. The average Bonchev–Trinajstić information content (AvgIpc) is 3.42. The van der Waals surface area contributed by atoms with Gasteiger partial charge in [-0.1, -0.05) is 0 Å². The molecule has 0 N–H and O–H groups in total. The second kappa shape index (κ2) is 13.4. The summed E-state index contributed by atoms with van der Waals surface area (Å²) in [6.07, 6.45) is -8.60. The van der Waals surface area contributed by atoms with Crippen molar-refractivity contribution < 1.29 is 76.1 Å².